The van der Waals surface area contributed by atoms with Crippen molar-refractivity contribution in [2.24, 2.45) is 0 Å². The molecule has 1 aliphatic rings. The Morgan fingerprint density at radius 2 is 1.90 bits per heavy atom. The number of thioether (sulfide) groups is 1. The van der Waals surface area contributed by atoms with E-state index in [0.717, 1.165) is 23.9 Å². The second-order valence-corrected chi connectivity index (χ2v) is 9.48. The van der Waals surface area contributed by atoms with Crippen LogP contribution in [0.4, 0.5) is 14.5 Å². The largest absolute Gasteiger partial charge is 0.492 e. The fourth-order valence-electron chi connectivity index (χ4n) is 2.90. The van der Waals surface area contributed by atoms with E-state index in [9.17, 15) is 22.0 Å². The minimum Gasteiger partial charge on any atom is -0.492 e. The summed E-state index contributed by atoms with van der Waals surface area (Å²) in [5, 5.41) is 2.63. The van der Waals surface area contributed by atoms with Crippen molar-refractivity contribution in [3.05, 3.63) is 48.0 Å². The topological polar surface area (TPSA) is 84.9 Å². The van der Waals surface area contributed by atoms with Crippen LogP contribution in [0.3, 0.4) is 0 Å². The number of carbonyl (C=O) groups is 1. The number of nitrogens with one attached hydrogen (secondary N) is 1. The first-order valence-corrected chi connectivity index (χ1v) is 12.0. The molecule has 1 fully saturated rings. The normalized spacial score (nSPS) is 14.9. The number of halogens is 2. The maximum Gasteiger partial charge on any atom is 0.246 e. The monoisotopic (exact) mass is 472 g/mol. The molecule has 1 aliphatic heterocycles. The highest BCUT2D eigenvalue weighted by Gasteiger charge is 2.29. The number of sulfonamides is 1. The molecule has 0 radical (unpaired) electrons. The molecule has 31 heavy (non-hydrogen) atoms. The highest BCUT2D eigenvalue weighted by molar-refractivity contribution is 8.00. The maximum atomic E-state index is 13.3. The van der Waals surface area contributed by atoms with Gasteiger partial charge in [0, 0.05) is 23.7 Å². The fourth-order valence-corrected chi connectivity index (χ4v) is 5.19. The minimum atomic E-state index is -3.84. The molecule has 1 heterocycles. The number of carbonyl (C=O) groups excluding carboxylic acids is 1. The molecule has 1 saturated heterocycles. The van der Waals surface area contributed by atoms with Crippen LogP contribution in [0, 0.1) is 11.6 Å². The molecule has 0 bridgehead atoms. The zero-order chi connectivity index (χ0) is 22.4. The van der Waals surface area contributed by atoms with Gasteiger partial charge in [0.1, 0.15) is 10.6 Å². The van der Waals surface area contributed by atoms with Gasteiger partial charge in [0.25, 0.3) is 0 Å². The van der Waals surface area contributed by atoms with Crippen LogP contribution in [0.15, 0.2) is 46.2 Å². The van der Waals surface area contributed by atoms with Crippen molar-refractivity contribution in [1.29, 1.82) is 0 Å². The first-order chi connectivity index (χ1) is 14.8. The zero-order valence-corrected chi connectivity index (χ0v) is 18.4. The van der Waals surface area contributed by atoms with Crippen LogP contribution in [0.2, 0.25) is 0 Å². The lowest BCUT2D eigenvalue weighted by Gasteiger charge is -2.27. The van der Waals surface area contributed by atoms with Crippen molar-refractivity contribution in [2.45, 2.75) is 16.7 Å². The first kappa shape index (κ1) is 23.5. The van der Waals surface area contributed by atoms with Gasteiger partial charge < -0.3 is 14.8 Å². The molecule has 2 aromatic carbocycles. The van der Waals surface area contributed by atoms with Crippen molar-refractivity contribution >= 4 is 33.4 Å². The predicted molar refractivity (Wildman–Crippen MR) is 113 cm³/mol. The van der Waals surface area contributed by atoms with Crippen LogP contribution in [0.1, 0.15) is 6.92 Å². The van der Waals surface area contributed by atoms with Crippen LogP contribution >= 0.6 is 11.8 Å². The number of anilines is 1. The molecule has 1 N–H and O–H groups in total. The van der Waals surface area contributed by atoms with Gasteiger partial charge in [-0.05, 0) is 43.3 Å². The Bertz CT molecular complexity index is 1040. The van der Waals surface area contributed by atoms with Gasteiger partial charge in [-0.25, -0.2) is 17.2 Å². The molecule has 0 unspecified atom stereocenters. The number of nitrogens with zero attached hydrogens (tertiary/aromatic N) is 1. The summed E-state index contributed by atoms with van der Waals surface area (Å²) in [7, 11) is -3.84. The number of morpholine rings is 1. The highest BCUT2D eigenvalue weighted by atomic mass is 32.2. The third kappa shape index (κ3) is 5.94. The lowest BCUT2D eigenvalue weighted by Crippen LogP contribution is -2.40. The van der Waals surface area contributed by atoms with Crippen LogP contribution < -0.4 is 10.1 Å². The first-order valence-electron chi connectivity index (χ1n) is 9.53. The van der Waals surface area contributed by atoms with Gasteiger partial charge in [0.05, 0.1) is 25.6 Å². The quantitative estimate of drug-likeness (QED) is 0.595. The molecule has 1 amide bonds. The molecule has 0 saturated carbocycles. The zero-order valence-electron chi connectivity index (χ0n) is 16.8. The maximum absolute atomic E-state index is 13.3. The number of rotatable bonds is 8. The number of hydrogen-bond donors (Lipinski definition) is 1. The number of hydrogen-bond acceptors (Lipinski definition) is 6. The van der Waals surface area contributed by atoms with Crippen molar-refractivity contribution in [3.8, 4) is 5.75 Å². The molecule has 0 aromatic heterocycles. The molecular weight excluding hydrogens is 450 g/mol. The second kappa shape index (κ2) is 10.4. The molecule has 11 heteroatoms. The van der Waals surface area contributed by atoms with E-state index >= 15 is 0 Å². The number of amides is 1. The molecular formula is C20H22F2N2O5S2. The Labute approximate surface area is 183 Å². The Hall–Kier alpha value is -2.21. The van der Waals surface area contributed by atoms with Crippen LogP contribution in [0.5, 0.6) is 5.75 Å². The Balaban J connectivity index is 1.74. The number of benzene rings is 2. The smallest absolute Gasteiger partial charge is 0.246 e. The van der Waals surface area contributed by atoms with Crippen LogP contribution in [-0.2, 0) is 19.6 Å². The molecule has 168 valence electrons. The van der Waals surface area contributed by atoms with Gasteiger partial charge in [-0.1, -0.05) is 0 Å². The van der Waals surface area contributed by atoms with E-state index in [1.807, 2.05) is 0 Å². The van der Waals surface area contributed by atoms with Gasteiger partial charge in [-0.3, -0.25) is 4.79 Å². The van der Waals surface area contributed by atoms with Crippen molar-refractivity contribution < 1.29 is 31.5 Å². The van der Waals surface area contributed by atoms with Crippen molar-refractivity contribution in [2.75, 3.05) is 44.0 Å². The third-order valence-corrected chi connectivity index (χ3v) is 7.29. The molecule has 0 spiro atoms. The van der Waals surface area contributed by atoms with Gasteiger partial charge in [-0.15, -0.1) is 11.8 Å². The lowest BCUT2D eigenvalue weighted by atomic mass is 10.3. The standard InChI is InChI=1S/C20H22F2N2O5S2/c1-2-29-18-6-3-14(11-19(18)31(26,27)24-7-9-28-10-8-24)23-20(25)13-30-15-4-5-16(21)17(22)12-15/h3-6,11-12H,2,7-10,13H2,1H3,(H,23,25). The van der Waals surface area contributed by atoms with Gasteiger partial charge in [0.15, 0.2) is 11.6 Å². The summed E-state index contributed by atoms with van der Waals surface area (Å²) in [6, 6.07) is 7.77. The lowest BCUT2D eigenvalue weighted by molar-refractivity contribution is -0.113. The van der Waals surface area contributed by atoms with Crippen LogP contribution in [-0.4, -0.2) is 57.3 Å². The van der Waals surface area contributed by atoms with Gasteiger partial charge >= 0.3 is 0 Å². The second-order valence-electron chi connectivity index (χ2n) is 6.52. The molecule has 3 rings (SSSR count). The van der Waals surface area contributed by atoms with E-state index < -0.39 is 27.6 Å². The summed E-state index contributed by atoms with van der Waals surface area (Å²) >= 11 is 1.03. The average molecular weight is 473 g/mol. The van der Waals surface area contributed by atoms with Gasteiger partial charge in [0.2, 0.25) is 15.9 Å². The highest BCUT2D eigenvalue weighted by Crippen LogP contribution is 2.31. The van der Waals surface area contributed by atoms with E-state index in [-0.39, 0.29) is 41.8 Å². The van der Waals surface area contributed by atoms with Crippen molar-refractivity contribution in [3.63, 3.8) is 0 Å². The predicted octanol–water partition coefficient (Wildman–Crippen LogP) is 3.12. The Kier molecular flexibility index (Phi) is 7.87. The summed E-state index contributed by atoms with van der Waals surface area (Å²) < 4.78 is 64.5. The van der Waals surface area contributed by atoms with Crippen LogP contribution in [0.25, 0.3) is 0 Å². The van der Waals surface area contributed by atoms with Gasteiger partial charge in [-0.2, -0.15) is 4.31 Å². The summed E-state index contributed by atoms with van der Waals surface area (Å²) in [6.45, 7) is 3.10. The summed E-state index contributed by atoms with van der Waals surface area (Å²) in [6.07, 6.45) is 0. The van der Waals surface area contributed by atoms with E-state index in [1.165, 1.54) is 22.5 Å². The minimum absolute atomic E-state index is 0.0395. The molecule has 0 atom stereocenters. The average Bonchev–Trinajstić information content (AvgIpc) is 2.76. The molecule has 0 aliphatic carbocycles. The summed E-state index contributed by atoms with van der Waals surface area (Å²) in [5.74, 6) is -2.24. The summed E-state index contributed by atoms with van der Waals surface area (Å²) in [5.41, 5.74) is 0.283. The van der Waals surface area contributed by atoms with E-state index in [2.05, 4.69) is 5.32 Å². The van der Waals surface area contributed by atoms with E-state index in [1.54, 1.807) is 13.0 Å². The Morgan fingerprint density at radius 3 is 2.58 bits per heavy atom. The molecule has 2 aromatic rings. The molecule has 7 nitrogen and oxygen atoms in total. The van der Waals surface area contributed by atoms with E-state index in [4.69, 9.17) is 9.47 Å². The Morgan fingerprint density at radius 1 is 1.16 bits per heavy atom. The number of ether oxygens (including phenoxy) is 2. The fraction of sp³-hybridized carbons (Fsp3) is 0.350. The van der Waals surface area contributed by atoms with Crippen molar-refractivity contribution in [1.82, 2.24) is 4.31 Å². The third-order valence-electron chi connectivity index (χ3n) is 4.38. The summed E-state index contributed by atoms with van der Waals surface area (Å²) in [4.78, 5) is 12.7. The SMILES string of the molecule is CCOc1ccc(NC(=O)CSc2ccc(F)c(F)c2)cc1S(=O)(=O)N1CCOCC1. The van der Waals surface area contributed by atoms with E-state index in [0.29, 0.717) is 18.1 Å².